The summed E-state index contributed by atoms with van der Waals surface area (Å²) in [6, 6.07) is 0.436. The topological polar surface area (TPSA) is 41.0 Å². The van der Waals surface area contributed by atoms with E-state index in [1.54, 1.807) is 0 Å². The van der Waals surface area contributed by atoms with E-state index in [4.69, 9.17) is 0 Å². The number of hydrogen-bond donors (Lipinski definition) is 1. The predicted molar refractivity (Wildman–Crippen MR) is 81.6 cm³/mol. The molecular weight excluding hydrogens is 236 g/mol. The van der Waals surface area contributed by atoms with Crippen LogP contribution in [0.2, 0.25) is 0 Å². The second-order valence-corrected chi connectivity index (χ2v) is 5.16. The molecular formula is C15H28N4. The molecule has 0 radical (unpaired) electrons. The Labute approximate surface area is 117 Å². The molecule has 0 aliphatic carbocycles. The van der Waals surface area contributed by atoms with Crippen LogP contribution in [0.3, 0.4) is 0 Å². The summed E-state index contributed by atoms with van der Waals surface area (Å²) in [6.07, 6.45) is 4.19. The quantitative estimate of drug-likeness (QED) is 0.783. The van der Waals surface area contributed by atoms with Gasteiger partial charge in [-0.1, -0.05) is 13.8 Å². The Bertz CT molecular complexity index is 374. The van der Waals surface area contributed by atoms with Crippen molar-refractivity contribution in [3.05, 3.63) is 17.6 Å². The van der Waals surface area contributed by atoms with Gasteiger partial charge in [-0.15, -0.1) is 0 Å². The fourth-order valence-electron chi connectivity index (χ4n) is 2.14. The summed E-state index contributed by atoms with van der Waals surface area (Å²) in [5, 5.41) is 3.47. The monoisotopic (exact) mass is 264 g/mol. The third-order valence-electron chi connectivity index (χ3n) is 3.46. The van der Waals surface area contributed by atoms with Gasteiger partial charge in [0.25, 0.3) is 0 Å². The van der Waals surface area contributed by atoms with Gasteiger partial charge in [-0.2, -0.15) is 0 Å². The van der Waals surface area contributed by atoms with Gasteiger partial charge in [0, 0.05) is 12.2 Å². The maximum Gasteiger partial charge on any atom is 0.147 e. The molecule has 0 saturated carbocycles. The van der Waals surface area contributed by atoms with Gasteiger partial charge in [-0.3, -0.25) is 4.98 Å². The largest absolute Gasteiger partial charge is 0.366 e. The highest BCUT2D eigenvalue weighted by Crippen LogP contribution is 2.12. The summed E-state index contributed by atoms with van der Waals surface area (Å²) in [5.41, 5.74) is 1.93. The lowest BCUT2D eigenvalue weighted by molar-refractivity contribution is 0.295. The fraction of sp³-hybridized carbons (Fsp3) is 0.733. The molecule has 1 heterocycles. The van der Waals surface area contributed by atoms with Gasteiger partial charge in [0.1, 0.15) is 5.82 Å². The fourth-order valence-corrected chi connectivity index (χ4v) is 2.14. The molecule has 1 aromatic rings. The molecule has 0 aliphatic heterocycles. The Kier molecular flexibility index (Phi) is 6.78. The first kappa shape index (κ1) is 15.9. The van der Waals surface area contributed by atoms with Crippen LogP contribution in [0.4, 0.5) is 5.82 Å². The van der Waals surface area contributed by atoms with E-state index in [1.165, 1.54) is 13.0 Å². The molecule has 4 heteroatoms. The molecule has 1 rings (SSSR count). The summed E-state index contributed by atoms with van der Waals surface area (Å²) in [4.78, 5) is 11.3. The van der Waals surface area contributed by atoms with E-state index < -0.39 is 0 Å². The second-order valence-electron chi connectivity index (χ2n) is 5.16. The predicted octanol–water partition coefficient (Wildman–Crippen LogP) is 3.02. The third kappa shape index (κ3) is 5.55. The minimum Gasteiger partial charge on any atom is -0.366 e. The van der Waals surface area contributed by atoms with Crippen molar-refractivity contribution < 1.29 is 0 Å². The van der Waals surface area contributed by atoms with Gasteiger partial charge in [0.15, 0.2) is 0 Å². The minimum absolute atomic E-state index is 0.436. The number of rotatable bonds is 8. The smallest absolute Gasteiger partial charge is 0.147 e. The molecule has 0 spiro atoms. The molecule has 1 unspecified atom stereocenters. The van der Waals surface area contributed by atoms with E-state index in [0.29, 0.717) is 6.04 Å². The summed E-state index contributed by atoms with van der Waals surface area (Å²) >= 11 is 0. The highest BCUT2D eigenvalue weighted by molar-refractivity contribution is 5.40. The molecule has 0 bridgehead atoms. The van der Waals surface area contributed by atoms with Crippen molar-refractivity contribution in [3.8, 4) is 0 Å². The standard InChI is InChI=1S/C15H28N4/c1-6-19(7-2)10-8-9-12(3)17-15-14(5)16-11-13(4)18-15/h11-12H,6-10H2,1-5H3,(H,17,18). The van der Waals surface area contributed by atoms with Crippen LogP contribution in [-0.4, -0.2) is 40.5 Å². The van der Waals surface area contributed by atoms with Crippen molar-refractivity contribution in [2.45, 2.75) is 53.5 Å². The van der Waals surface area contributed by atoms with Crippen LogP contribution in [0.25, 0.3) is 0 Å². The SMILES string of the molecule is CCN(CC)CCCC(C)Nc1nc(C)cnc1C. The zero-order valence-electron chi connectivity index (χ0n) is 13.0. The second kappa shape index (κ2) is 8.10. The van der Waals surface area contributed by atoms with Gasteiger partial charge < -0.3 is 10.2 Å². The summed E-state index contributed by atoms with van der Waals surface area (Å²) in [7, 11) is 0. The van der Waals surface area contributed by atoms with Crippen molar-refractivity contribution in [3.63, 3.8) is 0 Å². The van der Waals surface area contributed by atoms with Gasteiger partial charge in [0.05, 0.1) is 11.4 Å². The van der Waals surface area contributed by atoms with Gasteiger partial charge in [-0.05, 0) is 53.2 Å². The first-order chi connectivity index (χ1) is 9.06. The van der Waals surface area contributed by atoms with E-state index in [1.807, 2.05) is 20.0 Å². The van der Waals surface area contributed by atoms with Crippen LogP contribution in [0, 0.1) is 13.8 Å². The van der Waals surface area contributed by atoms with E-state index >= 15 is 0 Å². The van der Waals surface area contributed by atoms with Crippen molar-refractivity contribution in [1.29, 1.82) is 0 Å². The Hall–Kier alpha value is -1.16. The molecule has 0 fully saturated rings. The zero-order chi connectivity index (χ0) is 14.3. The van der Waals surface area contributed by atoms with E-state index in [9.17, 15) is 0 Å². The Morgan fingerprint density at radius 1 is 1.26 bits per heavy atom. The molecule has 0 amide bonds. The van der Waals surface area contributed by atoms with Crippen LogP contribution in [0.1, 0.15) is 45.0 Å². The van der Waals surface area contributed by atoms with Gasteiger partial charge in [-0.25, -0.2) is 4.98 Å². The van der Waals surface area contributed by atoms with Gasteiger partial charge in [0.2, 0.25) is 0 Å². The first-order valence-corrected chi connectivity index (χ1v) is 7.35. The Morgan fingerprint density at radius 3 is 2.58 bits per heavy atom. The number of nitrogens with one attached hydrogen (secondary N) is 1. The van der Waals surface area contributed by atoms with E-state index in [2.05, 4.69) is 41.0 Å². The minimum atomic E-state index is 0.436. The van der Waals surface area contributed by atoms with E-state index in [-0.39, 0.29) is 0 Å². The zero-order valence-corrected chi connectivity index (χ0v) is 13.0. The number of anilines is 1. The number of aromatic nitrogens is 2. The maximum atomic E-state index is 4.50. The van der Waals surface area contributed by atoms with Crippen LogP contribution < -0.4 is 5.32 Å². The lowest BCUT2D eigenvalue weighted by Gasteiger charge is -2.20. The first-order valence-electron chi connectivity index (χ1n) is 7.35. The third-order valence-corrected chi connectivity index (χ3v) is 3.46. The number of aryl methyl sites for hydroxylation is 2. The van der Waals surface area contributed by atoms with Crippen molar-refractivity contribution in [2.24, 2.45) is 0 Å². The lowest BCUT2D eigenvalue weighted by Crippen LogP contribution is -2.26. The van der Waals surface area contributed by atoms with E-state index in [0.717, 1.165) is 36.7 Å². The average molecular weight is 264 g/mol. The molecule has 0 saturated heterocycles. The number of nitrogens with zero attached hydrogens (tertiary/aromatic N) is 3. The normalized spacial score (nSPS) is 12.7. The molecule has 1 atom stereocenters. The molecule has 0 aromatic carbocycles. The van der Waals surface area contributed by atoms with Crippen LogP contribution in [0.5, 0.6) is 0 Å². The molecule has 1 N–H and O–H groups in total. The van der Waals surface area contributed by atoms with Crippen LogP contribution in [-0.2, 0) is 0 Å². The van der Waals surface area contributed by atoms with Crippen molar-refractivity contribution in [1.82, 2.24) is 14.9 Å². The lowest BCUT2D eigenvalue weighted by atomic mass is 10.1. The molecule has 108 valence electrons. The Morgan fingerprint density at radius 2 is 1.95 bits per heavy atom. The van der Waals surface area contributed by atoms with Crippen molar-refractivity contribution >= 4 is 5.82 Å². The molecule has 19 heavy (non-hydrogen) atoms. The highest BCUT2D eigenvalue weighted by Gasteiger charge is 2.07. The average Bonchev–Trinajstić information content (AvgIpc) is 2.39. The summed E-state index contributed by atoms with van der Waals surface area (Å²) < 4.78 is 0. The molecule has 0 aliphatic rings. The summed E-state index contributed by atoms with van der Waals surface area (Å²) in [5.74, 6) is 0.926. The molecule has 4 nitrogen and oxygen atoms in total. The van der Waals surface area contributed by atoms with Crippen LogP contribution in [0.15, 0.2) is 6.20 Å². The van der Waals surface area contributed by atoms with Crippen molar-refractivity contribution in [2.75, 3.05) is 25.0 Å². The molecule has 1 aromatic heterocycles. The number of hydrogen-bond acceptors (Lipinski definition) is 4. The van der Waals surface area contributed by atoms with Crippen LogP contribution >= 0.6 is 0 Å². The van der Waals surface area contributed by atoms with Gasteiger partial charge >= 0.3 is 0 Å². The maximum absolute atomic E-state index is 4.50. The highest BCUT2D eigenvalue weighted by atomic mass is 15.1. The Balaban J connectivity index is 2.38. The summed E-state index contributed by atoms with van der Waals surface area (Å²) in [6.45, 7) is 14.1.